The first kappa shape index (κ1) is 31.4. The number of para-hydroxylation sites is 2. The Kier molecular flexibility index (Phi) is 6.24. The molecule has 1 heterocycles. The molecular formula is C52H41NO. The fourth-order valence-electron chi connectivity index (χ4n) is 10.3. The molecule has 0 saturated carbocycles. The third kappa shape index (κ3) is 4.11. The molecule has 0 spiro atoms. The smallest absolute Gasteiger partial charge is 0.135 e. The van der Waals surface area contributed by atoms with Crippen LogP contribution in [0.25, 0.3) is 65.7 Å². The highest BCUT2D eigenvalue weighted by atomic mass is 16.3. The Hall–Kier alpha value is -6.12. The minimum absolute atomic E-state index is 0.132. The highest BCUT2D eigenvalue weighted by molar-refractivity contribution is 6.08. The lowest BCUT2D eigenvalue weighted by atomic mass is 9.78. The van der Waals surface area contributed by atoms with E-state index in [-0.39, 0.29) is 10.8 Å². The van der Waals surface area contributed by atoms with E-state index in [2.05, 4.69) is 180 Å². The summed E-state index contributed by atoms with van der Waals surface area (Å²) in [6, 6.07) is 52.1. The van der Waals surface area contributed by atoms with Crippen molar-refractivity contribution in [1.82, 2.24) is 0 Å². The molecule has 0 saturated heterocycles. The molecule has 0 N–H and O–H groups in total. The number of benzene rings is 8. The van der Waals surface area contributed by atoms with Gasteiger partial charge in [0.15, 0.2) is 0 Å². The third-order valence-electron chi connectivity index (χ3n) is 12.8. The monoisotopic (exact) mass is 695 g/mol. The van der Waals surface area contributed by atoms with Gasteiger partial charge >= 0.3 is 0 Å². The maximum atomic E-state index is 6.38. The van der Waals surface area contributed by atoms with Crippen molar-refractivity contribution in [3.05, 3.63) is 173 Å². The van der Waals surface area contributed by atoms with Gasteiger partial charge in [-0.15, -0.1) is 0 Å². The quantitative estimate of drug-likeness (QED) is 0.183. The summed E-state index contributed by atoms with van der Waals surface area (Å²) in [6.45, 7) is 14.0. The van der Waals surface area contributed by atoms with E-state index in [0.717, 1.165) is 16.9 Å². The van der Waals surface area contributed by atoms with Gasteiger partial charge in [-0.1, -0.05) is 125 Å². The van der Waals surface area contributed by atoms with Crippen LogP contribution in [0.4, 0.5) is 17.1 Å². The zero-order valence-corrected chi connectivity index (χ0v) is 31.6. The zero-order valence-electron chi connectivity index (χ0n) is 31.6. The van der Waals surface area contributed by atoms with Crippen LogP contribution in [0.1, 0.15) is 61.1 Å². The number of aryl methyl sites for hydroxylation is 2. The van der Waals surface area contributed by atoms with Crippen molar-refractivity contribution in [2.45, 2.75) is 52.4 Å². The molecule has 0 fully saturated rings. The van der Waals surface area contributed by atoms with E-state index in [1.54, 1.807) is 0 Å². The van der Waals surface area contributed by atoms with Gasteiger partial charge in [0.1, 0.15) is 11.2 Å². The Morgan fingerprint density at radius 1 is 0.426 bits per heavy atom. The second kappa shape index (κ2) is 10.7. The van der Waals surface area contributed by atoms with Gasteiger partial charge in [-0.3, -0.25) is 0 Å². The second-order valence-electron chi connectivity index (χ2n) is 16.7. The lowest BCUT2D eigenvalue weighted by molar-refractivity contribution is 0.647. The molecule has 260 valence electrons. The molecule has 0 bridgehead atoms. The Balaban J connectivity index is 1.09. The molecule has 9 aromatic rings. The van der Waals surface area contributed by atoms with Crippen LogP contribution >= 0.6 is 0 Å². The summed E-state index contributed by atoms with van der Waals surface area (Å²) in [5, 5.41) is 7.59. The number of hydrogen-bond acceptors (Lipinski definition) is 2. The van der Waals surface area contributed by atoms with E-state index in [9.17, 15) is 0 Å². The van der Waals surface area contributed by atoms with Crippen LogP contribution in [-0.2, 0) is 10.8 Å². The summed E-state index contributed by atoms with van der Waals surface area (Å²) < 4.78 is 6.38. The molecule has 0 unspecified atom stereocenters. The highest BCUT2D eigenvalue weighted by Crippen LogP contribution is 2.55. The first-order valence-corrected chi connectivity index (χ1v) is 19.2. The molecule has 11 rings (SSSR count). The Morgan fingerprint density at radius 3 is 1.81 bits per heavy atom. The van der Waals surface area contributed by atoms with Crippen molar-refractivity contribution in [2.24, 2.45) is 0 Å². The normalized spacial score (nSPS) is 14.8. The largest absolute Gasteiger partial charge is 0.456 e. The van der Waals surface area contributed by atoms with Gasteiger partial charge < -0.3 is 9.32 Å². The van der Waals surface area contributed by atoms with Crippen LogP contribution in [-0.4, -0.2) is 0 Å². The van der Waals surface area contributed by atoms with Crippen molar-refractivity contribution in [1.29, 1.82) is 0 Å². The molecule has 2 aliphatic rings. The minimum Gasteiger partial charge on any atom is -0.456 e. The molecule has 0 radical (unpaired) electrons. The fourth-order valence-corrected chi connectivity index (χ4v) is 10.3. The number of fused-ring (bicyclic) bond motifs is 13. The molecule has 8 aromatic carbocycles. The first-order valence-electron chi connectivity index (χ1n) is 19.2. The zero-order chi connectivity index (χ0) is 36.7. The number of anilines is 3. The van der Waals surface area contributed by atoms with Crippen LogP contribution in [0.3, 0.4) is 0 Å². The molecule has 54 heavy (non-hydrogen) atoms. The minimum atomic E-state index is -0.199. The molecule has 0 amide bonds. The Bertz CT molecular complexity index is 3060. The van der Waals surface area contributed by atoms with E-state index in [4.69, 9.17) is 4.42 Å². The summed E-state index contributed by atoms with van der Waals surface area (Å²) in [5.74, 6) is 0. The van der Waals surface area contributed by atoms with Crippen molar-refractivity contribution in [2.75, 3.05) is 4.90 Å². The standard InChI is InChI=1S/C52H41NO/c1-30-12-11-13-31(2)50(30)53(35-21-25-38-42-28-43-39-16-9-10-17-46(39)54-47(43)29-45(42)51(3,4)44(38)27-35)34-20-24-37-33(26-34)19-23-41-40-22-18-32-14-7-8-15-36(32)48(40)52(5,6)49(37)41/h7-29H,1-6H3. The van der Waals surface area contributed by atoms with Crippen molar-refractivity contribution >= 4 is 60.5 Å². The second-order valence-corrected chi connectivity index (χ2v) is 16.7. The van der Waals surface area contributed by atoms with Crippen LogP contribution < -0.4 is 4.90 Å². The van der Waals surface area contributed by atoms with Crippen LogP contribution in [0.2, 0.25) is 0 Å². The Morgan fingerprint density at radius 2 is 1.04 bits per heavy atom. The van der Waals surface area contributed by atoms with Crippen molar-refractivity contribution in [3.8, 4) is 22.3 Å². The van der Waals surface area contributed by atoms with Gasteiger partial charge in [0.25, 0.3) is 0 Å². The van der Waals surface area contributed by atoms with Crippen LogP contribution in [0.5, 0.6) is 0 Å². The van der Waals surface area contributed by atoms with Crippen molar-refractivity contribution < 1.29 is 4.42 Å². The number of nitrogens with zero attached hydrogens (tertiary/aromatic N) is 1. The molecule has 0 aliphatic heterocycles. The summed E-state index contributed by atoms with van der Waals surface area (Å²) in [6.07, 6.45) is 0. The molecule has 2 aliphatic carbocycles. The summed E-state index contributed by atoms with van der Waals surface area (Å²) in [4.78, 5) is 2.49. The molecular weight excluding hydrogens is 655 g/mol. The van der Waals surface area contributed by atoms with Gasteiger partial charge in [-0.25, -0.2) is 0 Å². The Labute approximate surface area is 316 Å². The summed E-state index contributed by atoms with van der Waals surface area (Å²) >= 11 is 0. The molecule has 1 aromatic heterocycles. The van der Waals surface area contributed by atoms with E-state index >= 15 is 0 Å². The lowest BCUT2D eigenvalue weighted by Crippen LogP contribution is -2.17. The maximum absolute atomic E-state index is 6.38. The van der Waals surface area contributed by atoms with E-state index in [1.807, 2.05) is 6.07 Å². The number of furan rings is 1. The first-order chi connectivity index (χ1) is 26.1. The SMILES string of the molecule is Cc1cccc(C)c1N(c1ccc2c(c1)C(C)(C)c1cc3oc4ccccc4c3cc1-2)c1ccc2c3c(ccc2c1)-c1ccc2ccccc2c1C3(C)C. The third-order valence-corrected chi connectivity index (χ3v) is 12.8. The van der Waals surface area contributed by atoms with E-state index < -0.39 is 0 Å². The van der Waals surface area contributed by atoms with E-state index in [1.165, 1.54) is 99.3 Å². The summed E-state index contributed by atoms with van der Waals surface area (Å²) in [7, 11) is 0. The summed E-state index contributed by atoms with van der Waals surface area (Å²) in [5.41, 5.74) is 18.5. The predicted octanol–water partition coefficient (Wildman–Crippen LogP) is 14.6. The van der Waals surface area contributed by atoms with Crippen molar-refractivity contribution in [3.63, 3.8) is 0 Å². The molecule has 0 atom stereocenters. The maximum Gasteiger partial charge on any atom is 0.135 e. The molecule has 2 nitrogen and oxygen atoms in total. The fraction of sp³-hybridized carbons (Fsp3) is 0.154. The number of hydrogen-bond donors (Lipinski definition) is 0. The lowest BCUT2D eigenvalue weighted by Gasteiger charge is -2.31. The van der Waals surface area contributed by atoms with Gasteiger partial charge in [-0.2, -0.15) is 0 Å². The highest BCUT2D eigenvalue weighted by Gasteiger charge is 2.39. The average Bonchev–Trinajstić information content (AvgIpc) is 3.74. The van der Waals surface area contributed by atoms with Gasteiger partial charge in [0.05, 0.1) is 5.69 Å². The van der Waals surface area contributed by atoms with E-state index in [0.29, 0.717) is 0 Å². The topological polar surface area (TPSA) is 16.4 Å². The van der Waals surface area contributed by atoms with Crippen LogP contribution in [0.15, 0.2) is 144 Å². The van der Waals surface area contributed by atoms with Crippen LogP contribution in [0, 0.1) is 13.8 Å². The average molecular weight is 696 g/mol. The van der Waals surface area contributed by atoms with Gasteiger partial charge in [-0.05, 0) is 133 Å². The number of rotatable bonds is 3. The van der Waals surface area contributed by atoms with Gasteiger partial charge in [0.2, 0.25) is 0 Å². The van der Waals surface area contributed by atoms with Gasteiger partial charge in [0, 0.05) is 33.0 Å². The predicted molar refractivity (Wildman–Crippen MR) is 228 cm³/mol. The molecule has 2 heteroatoms.